The van der Waals surface area contributed by atoms with Crippen molar-refractivity contribution in [1.29, 1.82) is 0 Å². The number of nitrogens with zero attached hydrogens (tertiary/aromatic N) is 1. The second kappa shape index (κ2) is 8.05. The topological polar surface area (TPSA) is 113 Å². The molecule has 0 aromatic heterocycles. The van der Waals surface area contributed by atoms with E-state index in [1.54, 1.807) is 0 Å². The van der Waals surface area contributed by atoms with Crippen LogP contribution in [0.1, 0.15) is 0 Å². The van der Waals surface area contributed by atoms with Gasteiger partial charge in [-0.3, -0.25) is 14.9 Å². The van der Waals surface area contributed by atoms with Crippen molar-refractivity contribution in [2.45, 2.75) is 11.0 Å². The van der Waals surface area contributed by atoms with Crippen molar-refractivity contribution in [3.05, 3.63) is 28.3 Å². The number of carbonyl (C=O) groups is 1. The molecular weight excluding hydrogens is 308 g/mol. The number of benzene rings is 1. The molecule has 0 saturated heterocycles. The number of nitro groups is 1. The number of anilines is 1. The number of thioether (sulfide) groups is 1. The zero-order chi connectivity index (χ0) is 15.1. The lowest BCUT2D eigenvalue weighted by atomic mass is 10.3. The highest BCUT2D eigenvalue weighted by molar-refractivity contribution is 7.99. The number of hydrogen-bond donors (Lipinski definition) is 3. The first-order valence-corrected chi connectivity index (χ1v) is 7.05. The molecule has 0 aliphatic heterocycles. The second-order valence-electron chi connectivity index (χ2n) is 3.80. The van der Waals surface area contributed by atoms with Crippen LogP contribution in [0.2, 0.25) is 0 Å². The molecule has 110 valence electrons. The van der Waals surface area contributed by atoms with Gasteiger partial charge in [-0.05, 0) is 6.07 Å². The molecule has 7 nitrogen and oxygen atoms in total. The summed E-state index contributed by atoms with van der Waals surface area (Å²) >= 11 is 6.49. The summed E-state index contributed by atoms with van der Waals surface area (Å²) in [5.74, 6) is -0.548. The summed E-state index contributed by atoms with van der Waals surface area (Å²) in [7, 11) is 0. The highest BCUT2D eigenvalue weighted by atomic mass is 35.5. The van der Waals surface area contributed by atoms with Gasteiger partial charge < -0.3 is 15.5 Å². The van der Waals surface area contributed by atoms with Crippen LogP contribution in [-0.4, -0.2) is 45.4 Å². The molecule has 0 aliphatic carbocycles. The van der Waals surface area contributed by atoms with Gasteiger partial charge in [-0.1, -0.05) is 0 Å². The Morgan fingerprint density at radius 1 is 1.50 bits per heavy atom. The van der Waals surface area contributed by atoms with E-state index >= 15 is 0 Å². The number of non-ortho nitro benzene ring substituents is 1. The third-order valence-corrected chi connectivity index (χ3v) is 3.52. The molecule has 1 aromatic rings. The van der Waals surface area contributed by atoms with Crippen molar-refractivity contribution < 1.29 is 19.9 Å². The third-order valence-electron chi connectivity index (χ3n) is 2.16. The lowest BCUT2D eigenvalue weighted by Gasteiger charge is -2.09. The quantitative estimate of drug-likeness (QED) is 0.301. The zero-order valence-electron chi connectivity index (χ0n) is 10.3. The van der Waals surface area contributed by atoms with Gasteiger partial charge in [0.05, 0.1) is 17.6 Å². The molecule has 0 fully saturated rings. The van der Waals surface area contributed by atoms with E-state index < -0.39 is 23.5 Å². The zero-order valence-corrected chi connectivity index (χ0v) is 11.9. The minimum absolute atomic E-state index is 0.181. The fraction of sp³-hybridized carbons (Fsp3) is 0.364. The van der Waals surface area contributed by atoms with Crippen LogP contribution in [0, 0.1) is 10.1 Å². The van der Waals surface area contributed by atoms with Gasteiger partial charge in [0.25, 0.3) is 5.69 Å². The smallest absolute Gasteiger partial charge is 0.272 e. The largest absolute Gasteiger partial charge is 0.394 e. The molecule has 0 heterocycles. The predicted molar refractivity (Wildman–Crippen MR) is 76.3 cm³/mol. The molecule has 1 atom stereocenters. The number of aliphatic hydroxyl groups excluding tert-OH is 2. The maximum Gasteiger partial charge on any atom is 0.272 e. The molecule has 3 N–H and O–H groups in total. The first kappa shape index (κ1) is 16.7. The Morgan fingerprint density at radius 3 is 2.75 bits per heavy atom. The minimum Gasteiger partial charge on any atom is -0.394 e. The Labute approximate surface area is 124 Å². The molecule has 0 saturated carbocycles. The van der Waals surface area contributed by atoms with Crippen LogP contribution >= 0.6 is 23.4 Å². The number of amides is 1. The summed E-state index contributed by atoms with van der Waals surface area (Å²) < 4.78 is 0. The van der Waals surface area contributed by atoms with Gasteiger partial charge >= 0.3 is 0 Å². The van der Waals surface area contributed by atoms with Crippen molar-refractivity contribution in [2.24, 2.45) is 0 Å². The monoisotopic (exact) mass is 320 g/mol. The van der Waals surface area contributed by atoms with Crippen molar-refractivity contribution in [1.82, 2.24) is 0 Å². The summed E-state index contributed by atoms with van der Waals surface area (Å²) in [6.45, 7) is -0.391. The van der Waals surface area contributed by atoms with Crippen LogP contribution < -0.4 is 5.32 Å². The lowest BCUT2D eigenvalue weighted by Crippen LogP contribution is -2.15. The number of carbonyl (C=O) groups excluding carboxylic acids is 1. The minimum atomic E-state index is -0.917. The van der Waals surface area contributed by atoms with Crippen LogP contribution in [-0.2, 0) is 4.79 Å². The van der Waals surface area contributed by atoms with Crippen molar-refractivity contribution >= 4 is 40.6 Å². The van der Waals surface area contributed by atoms with Crippen LogP contribution in [0.4, 0.5) is 11.4 Å². The molecule has 0 unspecified atom stereocenters. The van der Waals surface area contributed by atoms with E-state index in [-0.39, 0.29) is 23.0 Å². The molecule has 20 heavy (non-hydrogen) atoms. The van der Waals surface area contributed by atoms with E-state index in [1.165, 1.54) is 18.2 Å². The number of nitrogens with one attached hydrogen (secondary N) is 1. The van der Waals surface area contributed by atoms with Gasteiger partial charge in [0.15, 0.2) is 0 Å². The second-order valence-corrected chi connectivity index (χ2v) is 5.16. The average molecular weight is 321 g/mol. The van der Waals surface area contributed by atoms with E-state index in [9.17, 15) is 20.0 Å². The van der Waals surface area contributed by atoms with Crippen molar-refractivity contribution in [2.75, 3.05) is 23.6 Å². The Bertz CT molecular complexity index is 500. The molecule has 0 aliphatic rings. The van der Waals surface area contributed by atoms with Crippen molar-refractivity contribution in [3.8, 4) is 0 Å². The number of rotatable bonds is 7. The van der Waals surface area contributed by atoms with Crippen LogP contribution in [0.15, 0.2) is 23.1 Å². The molecule has 0 bridgehead atoms. The summed E-state index contributed by atoms with van der Waals surface area (Å²) in [5.41, 5.74) is 0.0733. The fourth-order valence-corrected chi connectivity index (χ4v) is 2.26. The van der Waals surface area contributed by atoms with E-state index in [0.717, 1.165) is 11.8 Å². The van der Waals surface area contributed by atoms with Crippen LogP contribution in [0.3, 0.4) is 0 Å². The van der Waals surface area contributed by atoms with Gasteiger partial charge in [-0.25, -0.2) is 0 Å². The summed E-state index contributed by atoms with van der Waals surface area (Å²) in [5, 5.41) is 31.2. The van der Waals surface area contributed by atoms with Gasteiger partial charge in [0, 0.05) is 28.5 Å². The molecule has 1 rings (SSSR count). The van der Waals surface area contributed by atoms with Crippen LogP contribution in [0.25, 0.3) is 0 Å². The maximum atomic E-state index is 11.2. The summed E-state index contributed by atoms with van der Waals surface area (Å²) in [6.07, 6.45) is -0.917. The van der Waals surface area contributed by atoms with Crippen molar-refractivity contribution in [3.63, 3.8) is 0 Å². The van der Waals surface area contributed by atoms with Gasteiger partial charge in [0.2, 0.25) is 5.91 Å². The van der Waals surface area contributed by atoms with E-state index in [0.29, 0.717) is 4.90 Å². The van der Waals surface area contributed by atoms with Crippen LogP contribution in [0.5, 0.6) is 0 Å². The number of nitro benzene ring substituents is 1. The summed E-state index contributed by atoms with van der Waals surface area (Å²) in [6, 6.07) is 4.08. The lowest BCUT2D eigenvalue weighted by molar-refractivity contribution is -0.385. The van der Waals surface area contributed by atoms with Gasteiger partial charge in [0.1, 0.15) is 5.88 Å². The van der Waals surface area contributed by atoms with E-state index in [2.05, 4.69) is 5.32 Å². The molecule has 0 spiro atoms. The molecule has 1 aromatic carbocycles. The number of hydrogen-bond acceptors (Lipinski definition) is 6. The number of aliphatic hydroxyl groups is 2. The number of alkyl halides is 1. The predicted octanol–water partition coefficient (Wildman–Crippen LogP) is 1.22. The molecule has 0 radical (unpaired) electrons. The Morgan fingerprint density at radius 2 is 2.20 bits per heavy atom. The number of halogens is 1. The Hall–Kier alpha value is -1.35. The molecular formula is C11H13ClN2O5S. The summed E-state index contributed by atoms with van der Waals surface area (Å²) in [4.78, 5) is 21.9. The van der Waals surface area contributed by atoms with Gasteiger partial charge in [-0.15, -0.1) is 23.4 Å². The van der Waals surface area contributed by atoms with Gasteiger partial charge in [-0.2, -0.15) is 0 Å². The first-order valence-electron chi connectivity index (χ1n) is 5.53. The average Bonchev–Trinajstić information content (AvgIpc) is 2.44. The molecule has 9 heteroatoms. The maximum absolute atomic E-state index is 11.2. The Kier molecular flexibility index (Phi) is 6.73. The molecule has 1 amide bonds. The third kappa shape index (κ3) is 5.33. The highest BCUT2D eigenvalue weighted by Gasteiger charge is 2.13. The van der Waals surface area contributed by atoms with E-state index in [1.807, 2.05) is 0 Å². The van der Waals surface area contributed by atoms with E-state index in [4.69, 9.17) is 16.7 Å². The normalized spacial score (nSPS) is 11.9. The standard InChI is InChI=1S/C11H13ClN2O5S/c12-4-11(17)13-7-1-8(14(18)19)3-10(2-7)20-6-9(16)5-15/h1-3,9,15-16H,4-6H2,(H,13,17)/t9-/m0/s1. The highest BCUT2D eigenvalue weighted by Crippen LogP contribution is 2.28. The fourth-order valence-electron chi connectivity index (χ4n) is 1.28. The Balaban J connectivity index is 2.92. The first-order chi connectivity index (χ1) is 9.46. The SMILES string of the molecule is O=C(CCl)Nc1cc(SC[C@@H](O)CO)cc([N+](=O)[O-])c1.